The Balaban J connectivity index is 1.47. The van der Waals surface area contributed by atoms with E-state index in [9.17, 15) is 19.5 Å². The van der Waals surface area contributed by atoms with Crippen LogP contribution in [-0.4, -0.2) is 70.3 Å². The smallest absolute Gasteiger partial charge is 0.246 e. The highest BCUT2D eigenvalue weighted by atomic mass is 16.5. The number of nitrogens with zero attached hydrogens (tertiary/aromatic N) is 1. The lowest BCUT2D eigenvalue weighted by Gasteiger charge is -2.37. The number of hydrogen-bond donors (Lipinski definition) is 3. The van der Waals surface area contributed by atoms with E-state index in [1.807, 2.05) is 20.8 Å². The lowest BCUT2D eigenvalue weighted by molar-refractivity contribution is -0.149. The number of carbonyl (C=O) groups is 3. The molecule has 4 fully saturated rings. The van der Waals surface area contributed by atoms with Crippen LogP contribution in [0, 0.1) is 17.8 Å². The summed E-state index contributed by atoms with van der Waals surface area (Å²) in [6.07, 6.45) is 5.64. The lowest BCUT2D eigenvalue weighted by atomic mass is 9.62. The number of nitrogens with one attached hydrogen (secondary N) is 2. The zero-order valence-electron chi connectivity index (χ0n) is 22.9. The van der Waals surface area contributed by atoms with Crippen LogP contribution in [0.5, 0.6) is 5.75 Å². The van der Waals surface area contributed by atoms with Gasteiger partial charge in [0.25, 0.3) is 0 Å². The molecule has 2 bridgehead atoms. The average Bonchev–Trinajstić information content (AvgIpc) is 3.42. The molecule has 3 N–H and O–H groups in total. The number of likely N-dealkylation sites (tertiary alicyclic amines) is 1. The molecule has 208 valence electrons. The van der Waals surface area contributed by atoms with Gasteiger partial charge in [0.2, 0.25) is 17.7 Å². The van der Waals surface area contributed by atoms with E-state index >= 15 is 0 Å². The summed E-state index contributed by atoms with van der Waals surface area (Å²) >= 11 is 0. The van der Waals surface area contributed by atoms with E-state index < -0.39 is 35.1 Å². The van der Waals surface area contributed by atoms with E-state index in [1.54, 1.807) is 31.2 Å². The first-order valence-electron chi connectivity index (χ1n) is 14.1. The van der Waals surface area contributed by atoms with E-state index in [-0.39, 0.29) is 36.3 Å². The van der Waals surface area contributed by atoms with Gasteiger partial charge in [-0.3, -0.25) is 14.4 Å². The SMILES string of the molecule is CCOc1ccc(NC(=O)[C@@H]2[C@H]3C(=O)N([C@H](C)CO)C(C(=O)NC4CCCCC4)C34CC(C)[C@@]2(C)O4)cc1. The fourth-order valence-electron chi connectivity index (χ4n) is 7.49. The number of anilines is 1. The molecule has 1 saturated carbocycles. The van der Waals surface area contributed by atoms with Crippen LogP contribution < -0.4 is 15.4 Å². The molecule has 9 nitrogen and oxygen atoms in total. The maximum Gasteiger partial charge on any atom is 0.246 e. The summed E-state index contributed by atoms with van der Waals surface area (Å²) in [7, 11) is 0. The number of fused-ring (bicyclic) bond motifs is 1. The molecule has 0 aromatic heterocycles. The lowest BCUT2D eigenvalue weighted by Crippen LogP contribution is -2.59. The molecule has 1 spiro atoms. The van der Waals surface area contributed by atoms with Crippen LogP contribution in [0.4, 0.5) is 5.69 Å². The van der Waals surface area contributed by atoms with Gasteiger partial charge < -0.3 is 30.1 Å². The van der Waals surface area contributed by atoms with Gasteiger partial charge in [0.1, 0.15) is 17.4 Å². The Hall–Kier alpha value is -2.65. The summed E-state index contributed by atoms with van der Waals surface area (Å²) in [6, 6.07) is 5.73. The Morgan fingerprint density at radius 1 is 1.18 bits per heavy atom. The second-order valence-corrected chi connectivity index (χ2v) is 11.8. The number of amides is 3. The standard InChI is InChI=1S/C29H41N3O6/c1-5-37-21-13-11-20(12-14-21)30-25(34)22-23-27(36)32(18(3)16-33)24(26(35)31-19-9-7-6-8-10-19)29(23)15-17(2)28(22,4)38-29/h11-14,17-19,22-24,33H,5-10,15-16H2,1-4H3,(H,30,34)(H,31,35)/t17?,18-,22+,23+,24?,28-,29?/m1/s1. The number of hydrogen-bond acceptors (Lipinski definition) is 6. The van der Waals surface area contributed by atoms with Crippen LogP contribution in [0.3, 0.4) is 0 Å². The molecule has 3 saturated heterocycles. The Labute approximate surface area is 224 Å². The van der Waals surface area contributed by atoms with Crippen LogP contribution in [0.1, 0.15) is 66.2 Å². The second kappa shape index (κ2) is 10.2. The molecule has 3 heterocycles. The van der Waals surface area contributed by atoms with Crippen molar-refractivity contribution in [2.45, 2.75) is 95.5 Å². The molecule has 38 heavy (non-hydrogen) atoms. The fourth-order valence-corrected chi connectivity index (χ4v) is 7.49. The Morgan fingerprint density at radius 3 is 2.50 bits per heavy atom. The number of aliphatic hydroxyl groups is 1. The molecule has 3 unspecified atom stereocenters. The van der Waals surface area contributed by atoms with Gasteiger partial charge in [0.15, 0.2) is 0 Å². The van der Waals surface area contributed by atoms with E-state index in [0.29, 0.717) is 24.5 Å². The van der Waals surface area contributed by atoms with Gasteiger partial charge in [0, 0.05) is 11.7 Å². The van der Waals surface area contributed by atoms with Gasteiger partial charge in [-0.25, -0.2) is 0 Å². The number of rotatable bonds is 8. The molecule has 3 aliphatic heterocycles. The molecule has 7 atom stereocenters. The van der Waals surface area contributed by atoms with Crippen molar-refractivity contribution < 1.29 is 29.0 Å². The minimum absolute atomic E-state index is 0.0445. The van der Waals surface area contributed by atoms with Crippen LogP contribution >= 0.6 is 0 Å². The van der Waals surface area contributed by atoms with Crippen LogP contribution in [0.2, 0.25) is 0 Å². The maximum absolute atomic E-state index is 14.1. The van der Waals surface area contributed by atoms with E-state index in [0.717, 1.165) is 32.1 Å². The van der Waals surface area contributed by atoms with E-state index in [4.69, 9.17) is 9.47 Å². The molecule has 1 aliphatic carbocycles. The molecule has 4 aliphatic rings. The Kier molecular flexibility index (Phi) is 7.20. The highest BCUT2D eigenvalue weighted by Crippen LogP contribution is 2.65. The van der Waals surface area contributed by atoms with Gasteiger partial charge in [-0.2, -0.15) is 0 Å². The number of ether oxygens (including phenoxy) is 2. The van der Waals surface area contributed by atoms with E-state index in [2.05, 4.69) is 10.6 Å². The van der Waals surface area contributed by atoms with Crippen LogP contribution in [0.25, 0.3) is 0 Å². The van der Waals surface area contributed by atoms with Gasteiger partial charge in [-0.1, -0.05) is 26.2 Å². The van der Waals surface area contributed by atoms with Crippen molar-refractivity contribution in [3.05, 3.63) is 24.3 Å². The first-order valence-corrected chi connectivity index (χ1v) is 14.1. The summed E-state index contributed by atoms with van der Waals surface area (Å²) < 4.78 is 12.2. The minimum Gasteiger partial charge on any atom is -0.494 e. The van der Waals surface area contributed by atoms with Crippen LogP contribution in [0.15, 0.2) is 24.3 Å². The van der Waals surface area contributed by atoms with Crippen molar-refractivity contribution in [2.24, 2.45) is 17.8 Å². The molecule has 1 aromatic carbocycles. The summed E-state index contributed by atoms with van der Waals surface area (Å²) in [5.41, 5.74) is -1.41. The van der Waals surface area contributed by atoms with Crippen molar-refractivity contribution in [3.63, 3.8) is 0 Å². The summed E-state index contributed by atoms with van der Waals surface area (Å²) in [4.78, 5) is 43.3. The zero-order chi connectivity index (χ0) is 27.2. The van der Waals surface area contributed by atoms with Crippen LogP contribution in [-0.2, 0) is 19.1 Å². The average molecular weight is 528 g/mol. The molecule has 1 aromatic rings. The monoisotopic (exact) mass is 527 g/mol. The minimum atomic E-state index is -1.12. The van der Waals surface area contributed by atoms with Crippen molar-refractivity contribution in [1.82, 2.24) is 10.2 Å². The Morgan fingerprint density at radius 2 is 1.87 bits per heavy atom. The summed E-state index contributed by atoms with van der Waals surface area (Å²) in [6.45, 7) is 7.84. The predicted octanol–water partition coefficient (Wildman–Crippen LogP) is 2.86. The third-order valence-corrected chi connectivity index (χ3v) is 9.41. The highest BCUT2D eigenvalue weighted by molar-refractivity contribution is 6.02. The molecule has 5 rings (SSSR count). The quantitative estimate of drug-likeness (QED) is 0.479. The Bertz CT molecular complexity index is 1070. The number of aliphatic hydroxyl groups excluding tert-OH is 1. The van der Waals surface area contributed by atoms with E-state index in [1.165, 1.54) is 4.90 Å². The first-order chi connectivity index (χ1) is 18.2. The maximum atomic E-state index is 14.1. The molecule has 9 heteroatoms. The predicted molar refractivity (Wildman–Crippen MR) is 141 cm³/mol. The molecule has 0 radical (unpaired) electrons. The third kappa shape index (κ3) is 4.18. The first kappa shape index (κ1) is 26.9. The molecular weight excluding hydrogens is 486 g/mol. The van der Waals surface area contributed by atoms with Crippen molar-refractivity contribution in [3.8, 4) is 5.75 Å². The molecule has 3 amide bonds. The zero-order valence-corrected chi connectivity index (χ0v) is 22.9. The van der Waals surface area contributed by atoms with Gasteiger partial charge >= 0.3 is 0 Å². The van der Waals surface area contributed by atoms with Crippen molar-refractivity contribution >= 4 is 23.4 Å². The third-order valence-electron chi connectivity index (χ3n) is 9.41. The van der Waals surface area contributed by atoms with Gasteiger partial charge in [0.05, 0.1) is 36.7 Å². The largest absolute Gasteiger partial charge is 0.494 e. The summed E-state index contributed by atoms with van der Waals surface area (Å²) in [5.74, 6) is -1.74. The number of carbonyl (C=O) groups excluding carboxylic acids is 3. The molecular formula is C29H41N3O6. The summed E-state index contributed by atoms with van der Waals surface area (Å²) in [5, 5.41) is 16.2. The van der Waals surface area contributed by atoms with Crippen molar-refractivity contribution in [2.75, 3.05) is 18.5 Å². The second-order valence-electron chi connectivity index (χ2n) is 11.8. The number of benzene rings is 1. The normalized spacial score (nSPS) is 35.2. The topological polar surface area (TPSA) is 117 Å². The highest BCUT2D eigenvalue weighted by Gasteiger charge is 2.80. The van der Waals surface area contributed by atoms with Gasteiger partial charge in [-0.15, -0.1) is 0 Å². The fraction of sp³-hybridized carbons (Fsp3) is 0.690. The van der Waals surface area contributed by atoms with Crippen molar-refractivity contribution in [1.29, 1.82) is 0 Å². The van der Waals surface area contributed by atoms with Gasteiger partial charge in [-0.05, 0) is 70.2 Å².